The van der Waals surface area contributed by atoms with E-state index in [9.17, 15) is 8.42 Å². The van der Waals surface area contributed by atoms with Crippen LogP contribution >= 0.6 is 0 Å². The number of nitrogens with zero attached hydrogens (tertiary/aromatic N) is 3. The number of hydrogen-bond donors (Lipinski definition) is 0. The highest BCUT2D eigenvalue weighted by molar-refractivity contribution is 7.91. The first-order chi connectivity index (χ1) is 14.7. The summed E-state index contributed by atoms with van der Waals surface area (Å²) >= 11 is 0. The average molecular weight is 444 g/mol. The summed E-state index contributed by atoms with van der Waals surface area (Å²) in [7, 11) is -2.25. The number of ether oxygens (including phenoxy) is 2. The van der Waals surface area contributed by atoms with E-state index < -0.39 is 9.84 Å². The second-order valence-electron chi connectivity index (χ2n) is 9.04. The summed E-state index contributed by atoms with van der Waals surface area (Å²) in [5.74, 6) is 1.76. The van der Waals surface area contributed by atoms with E-state index in [1.54, 1.807) is 12.1 Å². The second kappa shape index (κ2) is 8.24. The quantitative estimate of drug-likeness (QED) is 0.593. The number of fused-ring (bicyclic) bond motifs is 1. The molecule has 0 atom stereocenters. The van der Waals surface area contributed by atoms with Crippen LogP contribution < -0.4 is 4.74 Å². The summed E-state index contributed by atoms with van der Waals surface area (Å²) in [6.07, 6.45) is 3.49. The van der Waals surface area contributed by atoms with Crippen molar-refractivity contribution in [3.63, 3.8) is 0 Å². The Morgan fingerprint density at radius 3 is 2.52 bits per heavy atom. The maximum absolute atomic E-state index is 13.2. The van der Waals surface area contributed by atoms with E-state index in [4.69, 9.17) is 14.5 Å². The number of sulfone groups is 1. The van der Waals surface area contributed by atoms with Crippen molar-refractivity contribution < 1.29 is 17.9 Å². The van der Waals surface area contributed by atoms with Crippen LogP contribution in [-0.2, 0) is 26.5 Å². The average Bonchev–Trinajstić information content (AvgIpc) is 3.12. The third kappa shape index (κ3) is 4.32. The van der Waals surface area contributed by atoms with Gasteiger partial charge >= 0.3 is 0 Å². The fourth-order valence-corrected chi connectivity index (χ4v) is 5.31. The van der Waals surface area contributed by atoms with Crippen molar-refractivity contribution in [2.45, 2.75) is 55.4 Å². The minimum atomic E-state index is -3.72. The molecule has 3 aromatic rings. The largest absolute Gasteiger partial charge is 0.481 e. The summed E-state index contributed by atoms with van der Waals surface area (Å²) in [5, 5.41) is 0. The maximum Gasteiger partial charge on any atom is 0.214 e. The molecule has 7 nitrogen and oxygen atoms in total. The van der Waals surface area contributed by atoms with E-state index in [0.717, 1.165) is 43.9 Å². The molecule has 0 unspecified atom stereocenters. The molecular formula is C23H29N3O4S. The van der Waals surface area contributed by atoms with Crippen LogP contribution in [0.5, 0.6) is 5.88 Å². The number of pyridine rings is 1. The molecule has 0 aliphatic carbocycles. The Kier molecular flexibility index (Phi) is 5.79. The second-order valence-corrected chi connectivity index (χ2v) is 11.0. The van der Waals surface area contributed by atoms with Crippen LogP contribution in [0.2, 0.25) is 0 Å². The van der Waals surface area contributed by atoms with E-state index >= 15 is 0 Å². The molecule has 4 rings (SSSR count). The predicted molar refractivity (Wildman–Crippen MR) is 118 cm³/mol. The zero-order valence-corrected chi connectivity index (χ0v) is 19.3. The summed E-state index contributed by atoms with van der Waals surface area (Å²) < 4.78 is 39.3. The number of aromatic nitrogens is 3. The zero-order chi connectivity index (χ0) is 22.2. The first kappa shape index (κ1) is 21.8. The lowest BCUT2D eigenvalue weighted by Crippen LogP contribution is -2.25. The van der Waals surface area contributed by atoms with Gasteiger partial charge in [0.2, 0.25) is 15.7 Å². The van der Waals surface area contributed by atoms with Gasteiger partial charge in [0.1, 0.15) is 5.82 Å². The van der Waals surface area contributed by atoms with Crippen molar-refractivity contribution >= 4 is 20.9 Å². The van der Waals surface area contributed by atoms with Gasteiger partial charge in [-0.3, -0.25) is 0 Å². The highest BCUT2D eigenvalue weighted by Gasteiger charge is 2.27. The Hall–Kier alpha value is -2.45. The molecule has 2 aromatic heterocycles. The Balaban J connectivity index is 1.78. The van der Waals surface area contributed by atoms with Gasteiger partial charge in [-0.15, -0.1) is 0 Å². The van der Waals surface area contributed by atoms with E-state index in [-0.39, 0.29) is 21.1 Å². The Morgan fingerprint density at radius 1 is 1.13 bits per heavy atom. The number of methoxy groups -OCH3 is 1. The van der Waals surface area contributed by atoms with Crippen LogP contribution in [0.15, 0.2) is 46.3 Å². The van der Waals surface area contributed by atoms with E-state index in [1.807, 2.05) is 6.07 Å². The van der Waals surface area contributed by atoms with Crippen LogP contribution in [-0.4, -0.2) is 43.3 Å². The highest BCUT2D eigenvalue weighted by atomic mass is 32.2. The first-order valence-electron chi connectivity index (χ1n) is 10.5. The third-order valence-electron chi connectivity index (χ3n) is 5.71. The third-order valence-corrected chi connectivity index (χ3v) is 7.46. The molecule has 1 fully saturated rings. The molecule has 0 bridgehead atoms. The maximum atomic E-state index is 13.2. The summed E-state index contributed by atoms with van der Waals surface area (Å²) in [6.45, 7) is 8.85. The Morgan fingerprint density at radius 2 is 1.84 bits per heavy atom. The van der Waals surface area contributed by atoms with Crippen molar-refractivity contribution in [3.8, 4) is 5.88 Å². The monoisotopic (exact) mass is 443 g/mol. The molecule has 1 saturated heterocycles. The van der Waals surface area contributed by atoms with Crippen LogP contribution in [0.4, 0.5) is 0 Å². The lowest BCUT2D eigenvalue weighted by atomic mass is 9.94. The number of imidazole rings is 1. The molecule has 0 saturated carbocycles. The SMILES string of the molecule is COc1cc(S(=O)(=O)c2ccc3c(c2)nc(C(C)(C)C)n3CC2CCOCC2)ccn1. The highest BCUT2D eigenvalue weighted by Crippen LogP contribution is 2.31. The van der Waals surface area contributed by atoms with Crippen molar-refractivity contribution in [1.29, 1.82) is 0 Å². The number of rotatable bonds is 5. The predicted octanol–water partition coefficient (Wildman–Crippen LogP) is 4.00. The molecule has 1 aliphatic heterocycles. The van der Waals surface area contributed by atoms with Gasteiger partial charge in [0.15, 0.2) is 0 Å². The van der Waals surface area contributed by atoms with Crippen molar-refractivity contribution in [1.82, 2.24) is 14.5 Å². The molecule has 31 heavy (non-hydrogen) atoms. The number of benzene rings is 1. The Bertz CT molecular complexity index is 1190. The van der Waals surface area contributed by atoms with Crippen LogP contribution in [0, 0.1) is 5.92 Å². The van der Waals surface area contributed by atoms with Gasteiger partial charge < -0.3 is 14.0 Å². The zero-order valence-electron chi connectivity index (χ0n) is 18.5. The van der Waals surface area contributed by atoms with Gasteiger partial charge in [0.25, 0.3) is 0 Å². The molecule has 1 aromatic carbocycles. The fraction of sp³-hybridized carbons (Fsp3) is 0.478. The summed E-state index contributed by atoms with van der Waals surface area (Å²) in [4.78, 5) is 9.24. The van der Waals surface area contributed by atoms with Crippen molar-refractivity contribution in [2.75, 3.05) is 20.3 Å². The van der Waals surface area contributed by atoms with Crippen LogP contribution in [0.1, 0.15) is 39.4 Å². The van der Waals surface area contributed by atoms with Crippen molar-refractivity contribution in [2.24, 2.45) is 5.92 Å². The van der Waals surface area contributed by atoms with Gasteiger partial charge in [0.05, 0.1) is 27.9 Å². The molecule has 1 aliphatic rings. The lowest BCUT2D eigenvalue weighted by Gasteiger charge is -2.26. The standard InChI is InChI=1S/C23H29N3O4S/c1-23(2,3)22-25-19-13-17(31(27,28)18-7-10-24-21(14-18)29-4)5-6-20(19)26(22)15-16-8-11-30-12-9-16/h5-7,10,13-14,16H,8-9,11-12,15H2,1-4H3. The molecule has 0 spiro atoms. The van der Waals surface area contributed by atoms with Gasteiger partial charge in [-0.05, 0) is 43.0 Å². The molecular weight excluding hydrogens is 414 g/mol. The minimum Gasteiger partial charge on any atom is -0.481 e. The summed E-state index contributed by atoms with van der Waals surface area (Å²) in [6, 6.07) is 8.13. The molecule has 3 heterocycles. The van der Waals surface area contributed by atoms with Gasteiger partial charge in [-0.25, -0.2) is 18.4 Å². The molecule has 0 N–H and O–H groups in total. The van der Waals surface area contributed by atoms with E-state index in [2.05, 4.69) is 30.3 Å². The molecule has 0 radical (unpaired) electrons. The van der Waals surface area contributed by atoms with Crippen molar-refractivity contribution in [3.05, 3.63) is 42.4 Å². The van der Waals surface area contributed by atoms with Gasteiger partial charge in [-0.2, -0.15) is 0 Å². The van der Waals surface area contributed by atoms with Gasteiger partial charge in [-0.1, -0.05) is 20.8 Å². The normalized spacial score (nSPS) is 16.0. The van der Waals surface area contributed by atoms with Gasteiger partial charge in [0, 0.05) is 37.4 Å². The lowest BCUT2D eigenvalue weighted by molar-refractivity contribution is 0.0611. The summed E-state index contributed by atoms with van der Waals surface area (Å²) in [5.41, 5.74) is 1.49. The van der Waals surface area contributed by atoms with E-state index in [0.29, 0.717) is 11.4 Å². The molecule has 166 valence electrons. The molecule has 8 heteroatoms. The molecule has 0 amide bonds. The van der Waals surface area contributed by atoms with Crippen LogP contribution in [0.3, 0.4) is 0 Å². The van der Waals surface area contributed by atoms with E-state index in [1.165, 1.54) is 25.4 Å². The Labute approximate surface area is 183 Å². The topological polar surface area (TPSA) is 83.3 Å². The number of hydrogen-bond acceptors (Lipinski definition) is 6. The smallest absolute Gasteiger partial charge is 0.214 e. The minimum absolute atomic E-state index is 0.149. The first-order valence-corrected chi connectivity index (χ1v) is 12.0. The fourth-order valence-electron chi connectivity index (χ4n) is 4.03. The van der Waals surface area contributed by atoms with Crippen LogP contribution in [0.25, 0.3) is 11.0 Å².